The Hall–Kier alpha value is -3.09. The van der Waals surface area contributed by atoms with Gasteiger partial charge >= 0.3 is 0 Å². The number of primary amides is 1. The molecule has 2 aromatic heterocycles. The van der Waals surface area contributed by atoms with Crippen LogP contribution in [0.3, 0.4) is 0 Å². The third-order valence-corrected chi connectivity index (χ3v) is 5.69. The van der Waals surface area contributed by atoms with Crippen molar-refractivity contribution in [3.05, 3.63) is 77.4 Å². The zero-order chi connectivity index (χ0) is 19.7. The Balaban J connectivity index is 1.58. The van der Waals surface area contributed by atoms with Gasteiger partial charge in [0.2, 0.25) is 5.91 Å². The minimum Gasteiger partial charge on any atom is -0.366 e. The highest BCUT2D eigenvalue weighted by Gasteiger charge is 2.17. The summed E-state index contributed by atoms with van der Waals surface area (Å²) in [5.41, 5.74) is 7.68. The van der Waals surface area contributed by atoms with Crippen molar-refractivity contribution in [3.63, 3.8) is 0 Å². The fraction of sp³-hybridized carbons (Fsp3) is 0.0476. The first-order valence-electron chi connectivity index (χ1n) is 8.54. The molecule has 0 aliphatic rings. The summed E-state index contributed by atoms with van der Waals surface area (Å²) in [6.45, 7) is 0.113. The van der Waals surface area contributed by atoms with Crippen molar-refractivity contribution in [1.82, 2.24) is 4.57 Å². The van der Waals surface area contributed by atoms with E-state index in [0.29, 0.717) is 15.6 Å². The van der Waals surface area contributed by atoms with Gasteiger partial charge in [0.15, 0.2) is 0 Å². The summed E-state index contributed by atoms with van der Waals surface area (Å²) in [5, 5.41) is 4.89. The third kappa shape index (κ3) is 3.65. The largest absolute Gasteiger partial charge is 0.366 e. The van der Waals surface area contributed by atoms with Crippen LogP contribution in [0.4, 0.5) is 5.00 Å². The number of thiophene rings is 1. The van der Waals surface area contributed by atoms with Gasteiger partial charge in [0.1, 0.15) is 11.5 Å². The lowest BCUT2D eigenvalue weighted by atomic mass is 10.1. The first kappa shape index (κ1) is 18.3. The number of benzene rings is 2. The molecule has 0 saturated carbocycles. The van der Waals surface area contributed by atoms with Gasteiger partial charge in [-0.15, -0.1) is 11.3 Å². The van der Waals surface area contributed by atoms with E-state index in [1.165, 1.54) is 11.3 Å². The molecule has 5 nitrogen and oxygen atoms in total. The monoisotopic (exact) mass is 409 g/mol. The summed E-state index contributed by atoms with van der Waals surface area (Å²) < 4.78 is 1.83. The second kappa shape index (κ2) is 7.50. The van der Waals surface area contributed by atoms with Crippen LogP contribution in [-0.2, 0) is 11.3 Å². The first-order chi connectivity index (χ1) is 13.5. The van der Waals surface area contributed by atoms with Gasteiger partial charge < -0.3 is 15.6 Å². The zero-order valence-corrected chi connectivity index (χ0v) is 16.3. The van der Waals surface area contributed by atoms with E-state index in [0.717, 1.165) is 21.3 Å². The average molecular weight is 410 g/mol. The summed E-state index contributed by atoms with van der Waals surface area (Å²) >= 11 is 7.34. The number of fused-ring (bicyclic) bond motifs is 1. The van der Waals surface area contributed by atoms with Gasteiger partial charge in [0.25, 0.3) is 5.91 Å². The van der Waals surface area contributed by atoms with E-state index in [-0.39, 0.29) is 12.5 Å². The maximum Gasteiger partial charge on any atom is 0.251 e. The lowest BCUT2D eigenvalue weighted by Gasteiger charge is -2.07. The number of nitrogens with zero attached hydrogens (tertiary/aromatic N) is 1. The summed E-state index contributed by atoms with van der Waals surface area (Å²) in [6.07, 6.45) is 1.83. The molecule has 0 saturated heterocycles. The molecule has 0 unspecified atom stereocenters. The highest BCUT2D eigenvalue weighted by molar-refractivity contribution is 7.20. The van der Waals surface area contributed by atoms with E-state index in [2.05, 4.69) is 5.32 Å². The lowest BCUT2D eigenvalue weighted by Crippen LogP contribution is -2.20. The molecule has 0 fully saturated rings. The quantitative estimate of drug-likeness (QED) is 0.498. The van der Waals surface area contributed by atoms with Crippen molar-refractivity contribution in [2.45, 2.75) is 6.54 Å². The molecule has 0 aliphatic carbocycles. The van der Waals surface area contributed by atoms with E-state index in [1.807, 2.05) is 59.3 Å². The van der Waals surface area contributed by atoms with Gasteiger partial charge in [0.05, 0.1) is 5.56 Å². The number of halogens is 1. The van der Waals surface area contributed by atoms with E-state index >= 15 is 0 Å². The second-order valence-corrected chi connectivity index (χ2v) is 7.77. The Kier molecular flexibility index (Phi) is 4.90. The number of anilines is 1. The Morgan fingerprint density at radius 1 is 1.07 bits per heavy atom. The number of hydrogen-bond acceptors (Lipinski definition) is 3. The summed E-state index contributed by atoms with van der Waals surface area (Å²) in [4.78, 5) is 25.3. The van der Waals surface area contributed by atoms with E-state index < -0.39 is 5.91 Å². The van der Waals surface area contributed by atoms with Crippen LogP contribution in [0, 0.1) is 0 Å². The van der Waals surface area contributed by atoms with Crippen LogP contribution >= 0.6 is 22.9 Å². The van der Waals surface area contributed by atoms with Crippen molar-refractivity contribution in [3.8, 4) is 10.4 Å². The van der Waals surface area contributed by atoms with Gasteiger partial charge in [-0.2, -0.15) is 0 Å². The third-order valence-electron chi connectivity index (χ3n) is 4.36. The molecule has 3 N–H and O–H groups in total. The molecule has 28 heavy (non-hydrogen) atoms. The van der Waals surface area contributed by atoms with E-state index in [4.69, 9.17) is 17.3 Å². The Labute approximate surface area is 170 Å². The number of carbonyl (C=O) groups is 2. The van der Waals surface area contributed by atoms with Gasteiger partial charge in [-0.3, -0.25) is 9.59 Å². The van der Waals surface area contributed by atoms with Crippen LogP contribution < -0.4 is 11.1 Å². The van der Waals surface area contributed by atoms with Crippen LogP contribution in [0.25, 0.3) is 21.3 Å². The van der Waals surface area contributed by atoms with Crippen molar-refractivity contribution < 1.29 is 9.59 Å². The number of hydrogen-bond donors (Lipinski definition) is 2. The van der Waals surface area contributed by atoms with Gasteiger partial charge in [-0.05, 0) is 35.9 Å². The number of nitrogens with one attached hydrogen (secondary N) is 1. The molecule has 2 aromatic carbocycles. The number of aromatic nitrogens is 1. The molecule has 0 radical (unpaired) electrons. The predicted molar refractivity (Wildman–Crippen MR) is 114 cm³/mol. The van der Waals surface area contributed by atoms with E-state index in [9.17, 15) is 9.59 Å². The lowest BCUT2D eigenvalue weighted by molar-refractivity contribution is -0.116. The average Bonchev–Trinajstić information content (AvgIpc) is 3.27. The van der Waals surface area contributed by atoms with Gasteiger partial charge in [-0.25, -0.2) is 0 Å². The second-order valence-electron chi connectivity index (χ2n) is 6.28. The number of nitrogens with two attached hydrogens (primary N) is 1. The standard InChI is InChI=1S/C21H16ClN3O2S/c22-15-6-7-17-14(10-15)8-9-25(17)12-19(26)24-21-16(20(23)27)11-18(28-21)13-4-2-1-3-5-13/h1-11H,12H2,(H2,23,27)(H,24,26). The normalized spacial score (nSPS) is 10.9. The van der Waals surface area contributed by atoms with Gasteiger partial charge in [-0.1, -0.05) is 41.9 Å². The van der Waals surface area contributed by atoms with Crippen molar-refractivity contribution in [2.24, 2.45) is 5.73 Å². The minimum atomic E-state index is -0.574. The van der Waals surface area contributed by atoms with Crippen LogP contribution in [-0.4, -0.2) is 16.4 Å². The van der Waals surface area contributed by atoms with Crippen molar-refractivity contribution in [1.29, 1.82) is 0 Å². The van der Waals surface area contributed by atoms with Crippen LogP contribution in [0.5, 0.6) is 0 Å². The molecule has 2 heterocycles. The van der Waals surface area contributed by atoms with Gasteiger partial charge in [0, 0.05) is 27.0 Å². The SMILES string of the molecule is NC(=O)c1cc(-c2ccccc2)sc1NC(=O)Cn1ccc2cc(Cl)ccc21. The number of amides is 2. The maximum atomic E-state index is 12.6. The molecule has 140 valence electrons. The summed E-state index contributed by atoms with van der Waals surface area (Å²) in [7, 11) is 0. The molecule has 4 rings (SSSR count). The zero-order valence-electron chi connectivity index (χ0n) is 14.7. The highest BCUT2D eigenvalue weighted by atomic mass is 35.5. The smallest absolute Gasteiger partial charge is 0.251 e. The Morgan fingerprint density at radius 2 is 1.86 bits per heavy atom. The van der Waals surface area contributed by atoms with Crippen molar-refractivity contribution >= 4 is 50.7 Å². The fourth-order valence-electron chi connectivity index (χ4n) is 3.04. The Morgan fingerprint density at radius 3 is 2.61 bits per heavy atom. The number of carbonyl (C=O) groups excluding carboxylic acids is 2. The van der Waals surface area contributed by atoms with Crippen LogP contribution in [0.1, 0.15) is 10.4 Å². The molecular weight excluding hydrogens is 394 g/mol. The maximum absolute atomic E-state index is 12.6. The molecule has 2 amide bonds. The molecular formula is C21H16ClN3O2S. The molecule has 0 bridgehead atoms. The molecule has 0 aliphatic heterocycles. The van der Waals surface area contributed by atoms with E-state index in [1.54, 1.807) is 12.1 Å². The fourth-order valence-corrected chi connectivity index (χ4v) is 4.31. The molecule has 0 spiro atoms. The predicted octanol–water partition coefficient (Wildman–Crippen LogP) is 4.76. The number of rotatable bonds is 5. The topological polar surface area (TPSA) is 77.1 Å². The molecule has 0 atom stereocenters. The minimum absolute atomic E-state index is 0.113. The van der Waals surface area contributed by atoms with Crippen LogP contribution in [0.15, 0.2) is 66.9 Å². The summed E-state index contributed by atoms with van der Waals surface area (Å²) in [6, 6.07) is 18.8. The molecule has 7 heteroatoms. The van der Waals surface area contributed by atoms with Crippen molar-refractivity contribution in [2.75, 3.05) is 5.32 Å². The Bertz CT molecular complexity index is 1180. The highest BCUT2D eigenvalue weighted by Crippen LogP contribution is 2.35. The summed E-state index contributed by atoms with van der Waals surface area (Å²) in [5.74, 6) is -0.814. The molecule has 4 aromatic rings. The first-order valence-corrected chi connectivity index (χ1v) is 9.74. The van der Waals surface area contributed by atoms with Crippen LogP contribution in [0.2, 0.25) is 5.02 Å².